The number of imidazole rings is 1. The summed E-state index contributed by atoms with van der Waals surface area (Å²) >= 11 is 0. The van der Waals surface area contributed by atoms with E-state index in [9.17, 15) is 0 Å². The van der Waals surface area contributed by atoms with Gasteiger partial charge in [-0.05, 0) is 38.4 Å². The van der Waals surface area contributed by atoms with Crippen molar-refractivity contribution in [1.82, 2.24) is 19.3 Å². The lowest BCUT2D eigenvalue weighted by atomic mass is 9.98. The van der Waals surface area contributed by atoms with Gasteiger partial charge in [0.25, 0.3) is 0 Å². The van der Waals surface area contributed by atoms with Crippen LogP contribution in [0.1, 0.15) is 24.0 Å². The summed E-state index contributed by atoms with van der Waals surface area (Å²) < 4.78 is 7.98. The van der Waals surface area contributed by atoms with Crippen molar-refractivity contribution in [3.63, 3.8) is 0 Å². The van der Waals surface area contributed by atoms with E-state index in [0.29, 0.717) is 5.92 Å². The summed E-state index contributed by atoms with van der Waals surface area (Å²) in [6, 6.07) is 8.31. The minimum atomic E-state index is 0.583. The Kier molecular flexibility index (Phi) is 4.65. The van der Waals surface area contributed by atoms with Crippen molar-refractivity contribution in [3.05, 3.63) is 60.2 Å². The van der Waals surface area contributed by atoms with E-state index in [1.54, 1.807) is 6.20 Å². The summed E-state index contributed by atoms with van der Waals surface area (Å²) in [6.45, 7) is 6.04. The topological polar surface area (TPSA) is 42.7 Å². The van der Waals surface area contributed by atoms with E-state index >= 15 is 0 Å². The van der Waals surface area contributed by atoms with Gasteiger partial charge in [-0.25, -0.2) is 9.97 Å². The van der Waals surface area contributed by atoms with Crippen LogP contribution in [-0.2, 0) is 6.54 Å². The highest BCUT2D eigenvalue weighted by molar-refractivity contribution is 5.28. The smallest absolute Gasteiger partial charge is 0.233 e. The predicted octanol–water partition coefficient (Wildman–Crippen LogP) is 3.33. The normalized spacial score (nSPS) is 18.5. The number of rotatable bonds is 5. The molecule has 5 heteroatoms. The van der Waals surface area contributed by atoms with E-state index in [1.807, 2.05) is 16.8 Å². The lowest BCUT2D eigenvalue weighted by Gasteiger charge is -2.32. The van der Waals surface area contributed by atoms with Gasteiger partial charge in [-0.1, -0.05) is 17.7 Å². The molecule has 0 spiro atoms. The number of nitrogens with zero attached hydrogens (tertiary/aromatic N) is 4. The van der Waals surface area contributed by atoms with Crippen LogP contribution in [0, 0.1) is 12.8 Å². The van der Waals surface area contributed by atoms with E-state index < -0.39 is 0 Å². The molecule has 130 valence electrons. The molecule has 0 bridgehead atoms. The average molecular weight is 336 g/mol. The Balaban J connectivity index is 1.33. The third kappa shape index (κ3) is 3.99. The van der Waals surface area contributed by atoms with E-state index in [4.69, 9.17) is 4.74 Å². The molecule has 1 aliphatic heterocycles. The molecule has 2 aromatic heterocycles. The molecule has 0 saturated carbocycles. The summed E-state index contributed by atoms with van der Waals surface area (Å²) in [5.41, 5.74) is 2.49. The zero-order valence-corrected chi connectivity index (χ0v) is 14.6. The lowest BCUT2D eigenvalue weighted by molar-refractivity contribution is 0.125. The minimum Gasteiger partial charge on any atom is -0.493 e. The lowest BCUT2D eigenvalue weighted by Crippen LogP contribution is -2.37. The Morgan fingerprint density at radius 3 is 2.96 bits per heavy atom. The molecule has 1 aliphatic rings. The maximum Gasteiger partial charge on any atom is 0.233 e. The van der Waals surface area contributed by atoms with Crippen molar-refractivity contribution in [2.24, 2.45) is 5.92 Å². The molecule has 1 atom stereocenters. The number of aromatic nitrogens is 3. The molecular formula is C20H24N4O. The molecule has 3 aromatic rings. The highest BCUT2D eigenvalue weighted by Gasteiger charge is 2.20. The maximum absolute atomic E-state index is 5.99. The zero-order valence-electron chi connectivity index (χ0n) is 14.6. The van der Waals surface area contributed by atoms with Crippen LogP contribution in [0.25, 0.3) is 5.78 Å². The standard InChI is InChI=1S/C20H24N4O/c1-16-4-6-19(7-5-16)25-15-17-3-2-9-23(12-17)13-18-11-22-20-21-8-10-24(20)14-18/h4-8,10-11,14,17H,2-3,9,12-13,15H2,1H3/t17-/m1/s1. The molecule has 0 unspecified atom stereocenters. The summed E-state index contributed by atoms with van der Waals surface area (Å²) in [5, 5.41) is 0. The van der Waals surface area contributed by atoms with Gasteiger partial charge in [0.15, 0.2) is 0 Å². The van der Waals surface area contributed by atoms with Crippen molar-refractivity contribution < 1.29 is 4.74 Å². The molecule has 1 aromatic carbocycles. The summed E-state index contributed by atoms with van der Waals surface area (Å²) in [7, 11) is 0. The van der Waals surface area contributed by atoms with Gasteiger partial charge in [-0.15, -0.1) is 0 Å². The number of ether oxygens (including phenoxy) is 1. The fourth-order valence-corrected chi connectivity index (χ4v) is 3.48. The van der Waals surface area contributed by atoms with Gasteiger partial charge in [0.05, 0.1) is 6.61 Å². The Hall–Kier alpha value is -2.40. The first-order valence-corrected chi connectivity index (χ1v) is 8.96. The van der Waals surface area contributed by atoms with Crippen LogP contribution in [0.15, 0.2) is 49.1 Å². The first kappa shape index (κ1) is 16.1. The number of hydrogen-bond acceptors (Lipinski definition) is 4. The molecule has 3 heterocycles. The Morgan fingerprint density at radius 1 is 1.20 bits per heavy atom. The van der Waals surface area contributed by atoms with Crippen LogP contribution >= 0.6 is 0 Å². The van der Waals surface area contributed by atoms with Gasteiger partial charge in [0.2, 0.25) is 5.78 Å². The highest BCUT2D eigenvalue weighted by Crippen LogP contribution is 2.20. The zero-order chi connectivity index (χ0) is 17.1. The van der Waals surface area contributed by atoms with Gasteiger partial charge < -0.3 is 4.74 Å². The molecule has 0 amide bonds. The third-order valence-corrected chi connectivity index (χ3v) is 4.81. The van der Waals surface area contributed by atoms with E-state index in [2.05, 4.69) is 52.3 Å². The maximum atomic E-state index is 5.99. The van der Waals surface area contributed by atoms with Crippen LogP contribution in [0.2, 0.25) is 0 Å². The second-order valence-corrected chi connectivity index (χ2v) is 6.96. The van der Waals surface area contributed by atoms with Crippen LogP contribution in [0.5, 0.6) is 5.75 Å². The van der Waals surface area contributed by atoms with E-state index in [-0.39, 0.29) is 0 Å². The molecule has 0 N–H and O–H groups in total. The molecule has 25 heavy (non-hydrogen) atoms. The van der Waals surface area contributed by atoms with Gasteiger partial charge in [0, 0.05) is 49.4 Å². The molecule has 0 radical (unpaired) electrons. The van der Waals surface area contributed by atoms with Crippen molar-refractivity contribution in [2.75, 3.05) is 19.7 Å². The molecule has 1 saturated heterocycles. The van der Waals surface area contributed by atoms with Gasteiger partial charge in [-0.2, -0.15) is 0 Å². The van der Waals surface area contributed by atoms with Gasteiger partial charge >= 0.3 is 0 Å². The van der Waals surface area contributed by atoms with Crippen LogP contribution < -0.4 is 4.74 Å². The number of piperidine rings is 1. The summed E-state index contributed by atoms with van der Waals surface area (Å²) in [5.74, 6) is 2.31. The fourth-order valence-electron chi connectivity index (χ4n) is 3.48. The number of fused-ring (bicyclic) bond motifs is 1. The first-order valence-electron chi connectivity index (χ1n) is 8.96. The molecule has 4 rings (SSSR count). The largest absolute Gasteiger partial charge is 0.493 e. The first-order chi connectivity index (χ1) is 12.3. The van der Waals surface area contributed by atoms with Crippen LogP contribution in [-0.4, -0.2) is 39.0 Å². The van der Waals surface area contributed by atoms with Crippen LogP contribution in [0.3, 0.4) is 0 Å². The second-order valence-electron chi connectivity index (χ2n) is 6.96. The summed E-state index contributed by atoms with van der Waals surface area (Å²) in [6.07, 6.45) is 10.3. The molecular weight excluding hydrogens is 312 g/mol. The SMILES string of the molecule is Cc1ccc(OC[C@@H]2CCCN(Cc3cnc4nccn4c3)C2)cc1. The molecule has 5 nitrogen and oxygen atoms in total. The number of benzene rings is 1. The van der Waals surface area contributed by atoms with Crippen molar-refractivity contribution in [1.29, 1.82) is 0 Å². The third-order valence-electron chi connectivity index (χ3n) is 4.81. The Labute approximate surface area is 148 Å². The Bertz CT molecular complexity index is 827. The quantitative estimate of drug-likeness (QED) is 0.717. The van der Waals surface area contributed by atoms with Gasteiger partial charge in [-0.3, -0.25) is 9.30 Å². The predicted molar refractivity (Wildman–Crippen MR) is 97.7 cm³/mol. The van der Waals surface area contributed by atoms with Crippen molar-refractivity contribution >= 4 is 5.78 Å². The fraction of sp³-hybridized carbons (Fsp3) is 0.400. The Morgan fingerprint density at radius 2 is 2.08 bits per heavy atom. The highest BCUT2D eigenvalue weighted by atomic mass is 16.5. The second kappa shape index (κ2) is 7.23. The van der Waals surface area contributed by atoms with Crippen molar-refractivity contribution in [3.8, 4) is 5.75 Å². The number of aryl methyl sites for hydroxylation is 1. The average Bonchev–Trinajstić information content (AvgIpc) is 3.09. The molecule has 1 fully saturated rings. The van der Waals surface area contributed by atoms with Crippen LogP contribution in [0.4, 0.5) is 0 Å². The van der Waals surface area contributed by atoms with E-state index in [1.165, 1.54) is 24.0 Å². The molecule has 0 aliphatic carbocycles. The number of hydrogen-bond donors (Lipinski definition) is 0. The minimum absolute atomic E-state index is 0.583. The van der Waals surface area contributed by atoms with E-state index in [0.717, 1.165) is 37.8 Å². The summed E-state index contributed by atoms with van der Waals surface area (Å²) in [4.78, 5) is 11.1. The monoisotopic (exact) mass is 336 g/mol. The number of likely N-dealkylation sites (tertiary alicyclic amines) is 1. The van der Waals surface area contributed by atoms with Crippen molar-refractivity contribution in [2.45, 2.75) is 26.3 Å². The van der Waals surface area contributed by atoms with Gasteiger partial charge in [0.1, 0.15) is 5.75 Å².